The maximum atomic E-state index is 14.0. The molecule has 0 aliphatic heterocycles. The number of amides is 3. The molecule has 0 fully saturated rings. The van der Waals surface area contributed by atoms with Crippen molar-refractivity contribution in [1.29, 1.82) is 0 Å². The first kappa shape index (κ1) is 30.5. The Kier molecular flexibility index (Phi) is 10.8. The van der Waals surface area contributed by atoms with E-state index in [2.05, 4.69) is 10.6 Å². The second kappa shape index (κ2) is 12.4. The van der Waals surface area contributed by atoms with Crippen LogP contribution in [-0.2, 0) is 14.3 Å². The van der Waals surface area contributed by atoms with Crippen LogP contribution >= 0.6 is 0 Å². The summed E-state index contributed by atoms with van der Waals surface area (Å²) in [6.07, 6.45) is 0.936. The van der Waals surface area contributed by atoms with Crippen molar-refractivity contribution >= 4 is 17.9 Å². The van der Waals surface area contributed by atoms with Gasteiger partial charge in [-0.2, -0.15) is 0 Å². The summed E-state index contributed by atoms with van der Waals surface area (Å²) >= 11 is 0. The van der Waals surface area contributed by atoms with Gasteiger partial charge in [0.05, 0.1) is 0 Å². The molecule has 3 amide bonds. The lowest BCUT2D eigenvalue weighted by atomic mass is 9.94. The van der Waals surface area contributed by atoms with Crippen molar-refractivity contribution in [3.8, 4) is 0 Å². The SMILES string of the molecule is CCCCN(C(=O)C(NC(=O)OC(C)(C)C)C(C)C)C(C(=O)NC(C)(C)C)c1ccc(C)cc1C. The first-order valence-electron chi connectivity index (χ1n) is 12.7. The Morgan fingerprint density at radius 2 is 1.63 bits per heavy atom. The molecule has 0 saturated carbocycles. The first-order chi connectivity index (χ1) is 16.0. The van der Waals surface area contributed by atoms with Gasteiger partial charge in [0.2, 0.25) is 11.8 Å². The lowest BCUT2D eigenvalue weighted by Crippen LogP contribution is -2.56. The van der Waals surface area contributed by atoms with Gasteiger partial charge in [0, 0.05) is 12.1 Å². The van der Waals surface area contributed by atoms with Gasteiger partial charge < -0.3 is 20.3 Å². The monoisotopic (exact) mass is 489 g/mol. The molecule has 2 unspecified atom stereocenters. The van der Waals surface area contributed by atoms with E-state index in [4.69, 9.17) is 4.74 Å². The number of carbonyl (C=O) groups is 3. The third kappa shape index (κ3) is 9.90. The van der Waals surface area contributed by atoms with Gasteiger partial charge in [0.25, 0.3) is 0 Å². The molecule has 0 bridgehead atoms. The molecule has 0 saturated heterocycles. The number of aryl methyl sites for hydroxylation is 2. The van der Waals surface area contributed by atoms with Gasteiger partial charge >= 0.3 is 6.09 Å². The fraction of sp³-hybridized carbons (Fsp3) is 0.679. The number of rotatable bonds is 9. The molecule has 198 valence electrons. The van der Waals surface area contributed by atoms with Crippen LogP contribution in [0.25, 0.3) is 0 Å². The average molecular weight is 490 g/mol. The number of carbonyl (C=O) groups excluding carboxylic acids is 3. The van der Waals surface area contributed by atoms with E-state index < -0.39 is 29.3 Å². The molecule has 0 radical (unpaired) electrons. The Morgan fingerprint density at radius 3 is 2.09 bits per heavy atom. The highest BCUT2D eigenvalue weighted by Crippen LogP contribution is 2.28. The van der Waals surface area contributed by atoms with Gasteiger partial charge in [-0.05, 0) is 78.9 Å². The largest absolute Gasteiger partial charge is 0.444 e. The van der Waals surface area contributed by atoms with Crippen LogP contribution in [0.2, 0.25) is 0 Å². The number of nitrogens with one attached hydrogen (secondary N) is 2. The lowest BCUT2D eigenvalue weighted by Gasteiger charge is -2.37. The van der Waals surface area contributed by atoms with Crippen LogP contribution in [0, 0.1) is 19.8 Å². The molecule has 1 aromatic carbocycles. The van der Waals surface area contributed by atoms with Crippen molar-refractivity contribution in [1.82, 2.24) is 15.5 Å². The zero-order valence-electron chi connectivity index (χ0n) is 23.7. The van der Waals surface area contributed by atoms with Gasteiger partial charge in [-0.3, -0.25) is 9.59 Å². The molecular weight excluding hydrogens is 442 g/mol. The predicted octanol–water partition coefficient (Wildman–Crippen LogP) is 5.44. The highest BCUT2D eigenvalue weighted by atomic mass is 16.6. The van der Waals surface area contributed by atoms with Crippen LogP contribution in [0.15, 0.2) is 18.2 Å². The standard InChI is InChI=1S/C28H47N3O4/c1-12-13-16-31(25(33)22(18(2)3)29-26(34)35-28(9,10)11)23(24(32)30-27(6,7)8)21-15-14-19(4)17-20(21)5/h14-15,17-18,22-23H,12-13,16H2,1-11H3,(H,29,34)(H,30,32). The summed E-state index contributed by atoms with van der Waals surface area (Å²) in [7, 11) is 0. The fourth-order valence-electron chi connectivity index (χ4n) is 3.84. The van der Waals surface area contributed by atoms with Crippen molar-refractivity contribution in [3.63, 3.8) is 0 Å². The van der Waals surface area contributed by atoms with Crippen molar-refractivity contribution in [2.45, 2.75) is 112 Å². The number of hydrogen-bond acceptors (Lipinski definition) is 4. The molecule has 7 nitrogen and oxygen atoms in total. The minimum absolute atomic E-state index is 0.204. The van der Waals surface area contributed by atoms with Gasteiger partial charge in [0.1, 0.15) is 17.7 Å². The molecule has 7 heteroatoms. The number of ether oxygens (including phenoxy) is 1. The molecule has 1 aromatic rings. The zero-order chi connectivity index (χ0) is 27.1. The second-order valence-corrected chi connectivity index (χ2v) is 11.8. The van der Waals surface area contributed by atoms with Crippen molar-refractivity contribution in [2.24, 2.45) is 5.92 Å². The molecule has 0 spiro atoms. The van der Waals surface area contributed by atoms with Crippen LogP contribution < -0.4 is 10.6 Å². The van der Waals surface area contributed by atoms with E-state index in [1.165, 1.54) is 0 Å². The van der Waals surface area contributed by atoms with E-state index in [0.29, 0.717) is 6.54 Å². The summed E-state index contributed by atoms with van der Waals surface area (Å²) in [6, 6.07) is 4.25. The molecule has 0 aromatic heterocycles. The molecule has 0 heterocycles. The van der Waals surface area contributed by atoms with Crippen molar-refractivity contribution < 1.29 is 19.1 Å². The molecule has 2 atom stereocenters. The Balaban J connectivity index is 3.55. The molecule has 0 aliphatic rings. The summed E-state index contributed by atoms with van der Waals surface area (Å²) in [5.74, 6) is -0.744. The minimum atomic E-state index is -0.836. The highest BCUT2D eigenvalue weighted by molar-refractivity contribution is 5.92. The van der Waals surface area contributed by atoms with E-state index in [1.54, 1.807) is 25.7 Å². The number of nitrogens with zero attached hydrogens (tertiary/aromatic N) is 1. The van der Waals surface area contributed by atoms with Gasteiger partial charge in [-0.15, -0.1) is 0 Å². The smallest absolute Gasteiger partial charge is 0.408 e. The predicted molar refractivity (Wildman–Crippen MR) is 141 cm³/mol. The second-order valence-electron chi connectivity index (χ2n) is 11.8. The van der Waals surface area contributed by atoms with Crippen LogP contribution in [0.1, 0.15) is 97.9 Å². The molecule has 2 N–H and O–H groups in total. The molecule has 0 aliphatic carbocycles. The zero-order valence-corrected chi connectivity index (χ0v) is 23.7. The van der Waals surface area contributed by atoms with E-state index >= 15 is 0 Å². The lowest BCUT2D eigenvalue weighted by molar-refractivity contribution is -0.144. The maximum absolute atomic E-state index is 14.0. The van der Waals surface area contributed by atoms with Crippen LogP contribution in [0.4, 0.5) is 4.79 Å². The van der Waals surface area contributed by atoms with Crippen LogP contribution in [0.5, 0.6) is 0 Å². The summed E-state index contributed by atoms with van der Waals surface area (Å²) in [5.41, 5.74) is 1.64. The first-order valence-corrected chi connectivity index (χ1v) is 12.7. The fourth-order valence-corrected chi connectivity index (χ4v) is 3.84. The topological polar surface area (TPSA) is 87.7 Å². The Labute approximate surface area is 212 Å². The maximum Gasteiger partial charge on any atom is 0.408 e. The molecule has 1 rings (SSSR count). The van der Waals surface area contributed by atoms with Gasteiger partial charge in [0.15, 0.2) is 0 Å². The molecular formula is C28H47N3O4. The van der Waals surface area contributed by atoms with E-state index in [9.17, 15) is 14.4 Å². The number of benzene rings is 1. The summed E-state index contributed by atoms with van der Waals surface area (Å²) in [6.45, 7) is 21.2. The van der Waals surface area contributed by atoms with E-state index in [-0.39, 0.29) is 17.7 Å². The number of unbranched alkanes of at least 4 members (excludes halogenated alkanes) is 1. The number of hydrogen-bond donors (Lipinski definition) is 2. The van der Waals surface area contributed by atoms with Crippen LogP contribution in [-0.4, -0.2) is 46.5 Å². The third-order valence-electron chi connectivity index (χ3n) is 5.42. The quantitative estimate of drug-likeness (QED) is 0.484. The summed E-state index contributed by atoms with van der Waals surface area (Å²) in [5, 5.41) is 5.83. The highest BCUT2D eigenvalue weighted by Gasteiger charge is 2.38. The Morgan fingerprint density at radius 1 is 1.03 bits per heavy atom. The van der Waals surface area contributed by atoms with E-state index in [1.807, 2.05) is 73.6 Å². The normalized spacial score (nSPS) is 13.7. The van der Waals surface area contributed by atoms with Crippen molar-refractivity contribution in [2.75, 3.05) is 6.54 Å². The summed E-state index contributed by atoms with van der Waals surface area (Å²) in [4.78, 5) is 41.9. The molecule has 35 heavy (non-hydrogen) atoms. The number of alkyl carbamates (subject to hydrolysis) is 1. The average Bonchev–Trinajstić information content (AvgIpc) is 2.66. The minimum Gasteiger partial charge on any atom is -0.444 e. The Hall–Kier alpha value is -2.57. The van der Waals surface area contributed by atoms with E-state index in [0.717, 1.165) is 29.5 Å². The van der Waals surface area contributed by atoms with Gasteiger partial charge in [-0.25, -0.2) is 4.79 Å². The van der Waals surface area contributed by atoms with Gasteiger partial charge in [-0.1, -0.05) is 51.0 Å². The summed E-state index contributed by atoms with van der Waals surface area (Å²) < 4.78 is 5.42. The van der Waals surface area contributed by atoms with Crippen LogP contribution in [0.3, 0.4) is 0 Å². The Bertz CT molecular complexity index is 881. The van der Waals surface area contributed by atoms with Crippen molar-refractivity contribution in [3.05, 3.63) is 34.9 Å². The third-order valence-corrected chi connectivity index (χ3v) is 5.42.